The van der Waals surface area contributed by atoms with Crippen LogP contribution >= 0.6 is 0 Å². The molecule has 0 bridgehead atoms. The maximum Gasteiger partial charge on any atom is 0.418 e. The maximum atomic E-state index is 14.0. The monoisotopic (exact) mass is 488 g/mol. The maximum absolute atomic E-state index is 14.0. The van der Waals surface area contributed by atoms with Gasteiger partial charge in [-0.25, -0.2) is 0 Å². The molecule has 1 fully saturated rings. The highest BCUT2D eigenvalue weighted by Crippen LogP contribution is 2.36. The van der Waals surface area contributed by atoms with E-state index in [0.717, 1.165) is 10.7 Å². The number of methoxy groups -OCH3 is 1. The van der Waals surface area contributed by atoms with E-state index in [2.05, 4.69) is 10.4 Å². The number of β-amino-alcohol motifs (C(OH)–C–C–N with tert-alkyl or cyclic N) is 1. The Kier molecular flexibility index (Phi) is 6.75. The molecule has 35 heavy (non-hydrogen) atoms. The Bertz CT molecular complexity index is 1270. The summed E-state index contributed by atoms with van der Waals surface area (Å²) in [7, 11) is 1.51. The van der Waals surface area contributed by atoms with Crippen molar-refractivity contribution in [2.24, 2.45) is 0 Å². The smallest absolute Gasteiger partial charge is 0.418 e. The lowest BCUT2D eigenvalue weighted by Crippen LogP contribution is -2.29. The number of anilines is 2. The van der Waals surface area contributed by atoms with Crippen LogP contribution in [0.25, 0.3) is 16.9 Å². The van der Waals surface area contributed by atoms with Gasteiger partial charge in [0, 0.05) is 30.4 Å². The van der Waals surface area contributed by atoms with Crippen molar-refractivity contribution >= 4 is 11.4 Å². The summed E-state index contributed by atoms with van der Waals surface area (Å²) in [6.07, 6.45) is -4.75. The number of aliphatic hydroxyl groups excluding tert-OH is 1. The van der Waals surface area contributed by atoms with Gasteiger partial charge in [-0.05, 0) is 56.7 Å². The van der Waals surface area contributed by atoms with Crippen LogP contribution in [0.1, 0.15) is 25.8 Å². The van der Waals surface area contributed by atoms with E-state index in [1.807, 2.05) is 13.8 Å². The molecule has 7 nitrogen and oxygen atoms in total. The Balaban J connectivity index is 1.95. The van der Waals surface area contributed by atoms with Crippen molar-refractivity contribution < 1.29 is 23.0 Å². The number of benzene rings is 2. The fourth-order valence-corrected chi connectivity index (χ4v) is 4.10. The van der Waals surface area contributed by atoms with Gasteiger partial charge >= 0.3 is 6.18 Å². The molecule has 2 N–H and O–H groups in total. The zero-order chi connectivity index (χ0) is 25.3. The van der Waals surface area contributed by atoms with Crippen molar-refractivity contribution in [3.8, 4) is 22.7 Å². The summed E-state index contributed by atoms with van der Waals surface area (Å²) in [5.41, 5.74) is -0.563. The molecule has 0 saturated carbocycles. The fourth-order valence-electron chi connectivity index (χ4n) is 4.10. The first-order valence-corrected chi connectivity index (χ1v) is 11.3. The molecule has 3 aromatic rings. The van der Waals surface area contributed by atoms with Crippen LogP contribution < -0.4 is 20.5 Å². The van der Waals surface area contributed by atoms with E-state index in [1.165, 1.54) is 25.3 Å². The number of alkyl halides is 3. The molecule has 10 heteroatoms. The predicted molar refractivity (Wildman–Crippen MR) is 128 cm³/mol. The molecular weight excluding hydrogens is 461 g/mol. The molecule has 4 rings (SSSR count). The van der Waals surface area contributed by atoms with Gasteiger partial charge in [-0.15, -0.1) is 0 Å². The number of aromatic nitrogens is 2. The minimum atomic E-state index is -4.71. The average molecular weight is 489 g/mol. The first kappa shape index (κ1) is 24.6. The molecular formula is C25H27F3N4O3. The molecule has 1 atom stereocenters. The van der Waals surface area contributed by atoms with E-state index in [9.17, 15) is 23.1 Å². The lowest BCUT2D eigenvalue weighted by molar-refractivity contribution is -0.137. The van der Waals surface area contributed by atoms with Gasteiger partial charge in [0.15, 0.2) is 0 Å². The molecule has 1 aliphatic heterocycles. The summed E-state index contributed by atoms with van der Waals surface area (Å²) in [4.78, 5) is 15.2. The van der Waals surface area contributed by atoms with E-state index in [1.54, 1.807) is 29.2 Å². The Hall–Kier alpha value is -3.53. The number of halogens is 3. The van der Waals surface area contributed by atoms with Crippen LogP contribution in [0, 0.1) is 0 Å². The van der Waals surface area contributed by atoms with Crippen molar-refractivity contribution in [1.82, 2.24) is 9.78 Å². The van der Waals surface area contributed by atoms with Crippen LogP contribution in [0.4, 0.5) is 24.5 Å². The molecule has 0 spiro atoms. The first-order chi connectivity index (χ1) is 16.6. The number of nitrogens with one attached hydrogen (secondary N) is 1. The van der Waals surface area contributed by atoms with Gasteiger partial charge in [-0.3, -0.25) is 4.79 Å². The van der Waals surface area contributed by atoms with Gasteiger partial charge < -0.3 is 20.1 Å². The van der Waals surface area contributed by atoms with Gasteiger partial charge in [0.1, 0.15) is 11.4 Å². The number of hydrogen-bond donors (Lipinski definition) is 2. The van der Waals surface area contributed by atoms with Crippen LogP contribution in [-0.2, 0) is 6.18 Å². The molecule has 186 valence electrons. The molecule has 2 aromatic carbocycles. The Morgan fingerprint density at radius 3 is 2.57 bits per heavy atom. The lowest BCUT2D eigenvalue weighted by Gasteiger charge is -2.22. The van der Waals surface area contributed by atoms with Gasteiger partial charge in [0.2, 0.25) is 0 Å². The standard InChI is InChI=1S/C25H27F3N4O3/c1-15(2)29-22-13-21(16-5-4-6-19(11-16)35-3)30-32(24(22)34)23-12-17(31-10-9-18(33)14-31)7-8-20(23)25(26,27)28/h4-8,11-13,15,18,29,33H,9-10,14H2,1-3H3/t18-/m0/s1. The molecule has 2 heterocycles. The SMILES string of the molecule is COc1cccc(-c2cc(NC(C)C)c(=O)n(-c3cc(N4CC[C@H](O)C4)ccc3C(F)(F)F)n2)c1. The van der Waals surface area contributed by atoms with Gasteiger partial charge in [-0.1, -0.05) is 12.1 Å². The summed E-state index contributed by atoms with van der Waals surface area (Å²) >= 11 is 0. The molecule has 0 radical (unpaired) electrons. The van der Waals surface area contributed by atoms with E-state index < -0.39 is 23.4 Å². The van der Waals surface area contributed by atoms with Crippen molar-refractivity contribution in [2.75, 3.05) is 30.4 Å². The van der Waals surface area contributed by atoms with Crippen molar-refractivity contribution in [1.29, 1.82) is 0 Å². The third kappa shape index (κ3) is 5.27. The highest BCUT2D eigenvalue weighted by atomic mass is 19.4. The van der Waals surface area contributed by atoms with Crippen LogP contribution in [0.2, 0.25) is 0 Å². The third-order valence-electron chi connectivity index (χ3n) is 5.76. The lowest BCUT2D eigenvalue weighted by atomic mass is 10.1. The summed E-state index contributed by atoms with van der Waals surface area (Å²) in [5.74, 6) is 0.547. The van der Waals surface area contributed by atoms with E-state index in [-0.39, 0.29) is 17.4 Å². The van der Waals surface area contributed by atoms with E-state index in [0.29, 0.717) is 42.2 Å². The largest absolute Gasteiger partial charge is 0.497 e. The van der Waals surface area contributed by atoms with Crippen LogP contribution in [-0.4, -0.2) is 47.2 Å². The predicted octanol–water partition coefficient (Wildman–Crippen LogP) is 4.32. The van der Waals surface area contributed by atoms with E-state index in [4.69, 9.17) is 4.74 Å². The normalized spacial score (nSPS) is 16.1. The second-order valence-corrected chi connectivity index (χ2v) is 8.78. The average Bonchev–Trinajstić information content (AvgIpc) is 3.25. The summed E-state index contributed by atoms with van der Waals surface area (Å²) in [5, 5.41) is 17.3. The second kappa shape index (κ2) is 9.61. The Morgan fingerprint density at radius 2 is 1.94 bits per heavy atom. The summed E-state index contributed by atoms with van der Waals surface area (Å²) in [6, 6.07) is 11.9. The van der Waals surface area contributed by atoms with Crippen molar-refractivity contribution in [3.63, 3.8) is 0 Å². The molecule has 1 aromatic heterocycles. The van der Waals surface area contributed by atoms with Gasteiger partial charge in [0.05, 0.1) is 30.2 Å². The quantitative estimate of drug-likeness (QED) is 0.538. The molecule has 1 saturated heterocycles. The number of ether oxygens (including phenoxy) is 1. The van der Waals surface area contributed by atoms with Crippen LogP contribution in [0.5, 0.6) is 5.75 Å². The molecule has 0 amide bonds. The summed E-state index contributed by atoms with van der Waals surface area (Å²) in [6.45, 7) is 4.46. The van der Waals surface area contributed by atoms with Gasteiger partial charge in [-0.2, -0.15) is 23.0 Å². The number of aliphatic hydroxyl groups is 1. The topological polar surface area (TPSA) is 79.6 Å². The summed E-state index contributed by atoms with van der Waals surface area (Å²) < 4.78 is 48.2. The molecule has 0 unspecified atom stereocenters. The Morgan fingerprint density at radius 1 is 1.17 bits per heavy atom. The van der Waals surface area contributed by atoms with Crippen molar-refractivity contribution in [2.45, 2.75) is 38.6 Å². The molecule has 0 aliphatic carbocycles. The number of rotatable bonds is 6. The number of nitrogens with zero attached hydrogens (tertiary/aromatic N) is 3. The number of hydrogen-bond acceptors (Lipinski definition) is 6. The third-order valence-corrected chi connectivity index (χ3v) is 5.76. The fraction of sp³-hybridized carbons (Fsp3) is 0.360. The van der Waals surface area contributed by atoms with E-state index >= 15 is 0 Å². The zero-order valence-electron chi connectivity index (χ0n) is 19.6. The van der Waals surface area contributed by atoms with Crippen LogP contribution in [0.3, 0.4) is 0 Å². The van der Waals surface area contributed by atoms with Gasteiger partial charge in [0.25, 0.3) is 5.56 Å². The molecule has 1 aliphatic rings. The minimum absolute atomic E-state index is 0.128. The van der Waals surface area contributed by atoms with Crippen LogP contribution in [0.15, 0.2) is 53.3 Å². The Labute approximate surface area is 200 Å². The highest BCUT2D eigenvalue weighted by molar-refractivity contribution is 5.66. The van der Waals surface area contributed by atoms with Crippen molar-refractivity contribution in [3.05, 3.63) is 64.4 Å². The first-order valence-electron chi connectivity index (χ1n) is 11.3. The minimum Gasteiger partial charge on any atom is -0.497 e. The zero-order valence-corrected chi connectivity index (χ0v) is 19.6. The highest BCUT2D eigenvalue weighted by Gasteiger charge is 2.35. The second-order valence-electron chi connectivity index (χ2n) is 8.78.